The Morgan fingerprint density at radius 1 is 0.946 bits per heavy atom. The molecule has 1 saturated heterocycles. The van der Waals surface area contributed by atoms with E-state index in [0.29, 0.717) is 19.3 Å². The van der Waals surface area contributed by atoms with Crippen LogP contribution >= 0.6 is 0 Å². The smallest absolute Gasteiger partial charge is 0.267 e. The Morgan fingerprint density at radius 2 is 1.57 bits per heavy atom. The van der Waals surface area contributed by atoms with Gasteiger partial charge in [0.05, 0.1) is 11.8 Å². The first-order chi connectivity index (χ1) is 17.8. The van der Waals surface area contributed by atoms with E-state index < -0.39 is 17.9 Å². The van der Waals surface area contributed by atoms with Crippen LogP contribution in [0.15, 0.2) is 30.3 Å². The Balaban J connectivity index is 0.000000449. The molecule has 0 bridgehead atoms. The third-order valence-electron chi connectivity index (χ3n) is 6.62. The lowest BCUT2D eigenvalue weighted by Gasteiger charge is -2.19. The maximum atomic E-state index is 12.4. The molecule has 0 unspecified atom stereocenters. The van der Waals surface area contributed by atoms with Crippen LogP contribution in [0.5, 0.6) is 0 Å². The molecule has 1 aromatic carbocycles. The van der Waals surface area contributed by atoms with Crippen molar-refractivity contribution in [3.05, 3.63) is 35.9 Å². The minimum atomic E-state index is -1.16. The van der Waals surface area contributed by atoms with E-state index in [2.05, 4.69) is 47.9 Å². The minimum Gasteiger partial charge on any atom is -0.353 e. The van der Waals surface area contributed by atoms with Crippen LogP contribution in [-0.2, 0) is 30.4 Å². The second-order valence-corrected chi connectivity index (χ2v) is 9.46. The molecule has 0 aromatic heterocycles. The van der Waals surface area contributed by atoms with Gasteiger partial charge in [0.25, 0.3) is 5.91 Å². The number of nitrogens with one attached hydrogen (secondary N) is 3. The molecule has 10 nitrogen and oxygen atoms in total. The van der Waals surface area contributed by atoms with Crippen molar-refractivity contribution in [2.45, 2.75) is 77.7 Å². The number of hydroxylamine groups is 1. The zero-order valence-corrected chi connectivity index (χ0v) is 21.8. The molecule has 3 atom stereocenters. The van der Waals surface area contributed by atoms with Crippen LogP contribution < -0.4 is 16.1 Å². The molecule has 1 heterocycles. The lowest BCUT2D eigenvalue weighted by Crippen LogP contribution is -2.52. The van der Waals surface area contributed by atoms with E-state index in [9.17, 15) is 24.0 Å². The average molecular weight is 517 g/mol. The molecule has 3 rings (SSSR count). The zero-order chi connectivity index (χ0) is 27.2. The number of carbonyl (C=O) groups excluding carboxylic acids is 5. The van der Waals surface area contributed by atoms with Crippen LogP contribution in [0.25, 0.3) is 0 Å². The Morgan fingerprint density at radius 3 is 2.11 bits per heavy atom. The number of fused-ring (bicyclic) bond motifs is 1. The molecule has 1 aliphatic heterocycles. The van der Waals surface area contributed by atoms with Gasteiger partial charge < -0.3 is 10.6 Å². The van der Waals surface area contributed by atoms with Gasteiger partial charge in [-0.15, -0.1) is 0 Å². The van der Waals surface area contributed by atoms with Crippen molar-refractivity contribution in [3.8, 4) is 0 Å². The molecule has 1 saturated carbocycles. The highest BCUT2D eigenvalue weighted by Crippen LogP contribution is 2.37. The summed E-state index contributed by atoms with van der Waals surface area (Å²) in [5.41, 5.74) is 2.89. The van der Waals surface area contributed by atoms with Gasteiger partial charge in [0.15, 0.2) is 0 Å². The van der Waals surface area contributed by atoms with Crippen LogP contribution in [0, 0.1) is 11.8 Å². The molecule has 0 radical (unpaired) electrons. The third kappa shape index (κ3) is 9.27. The molecule has 0 spiro atoms. The first-order valence-corrected chi connectivity index (χ1v) is 13.2. The lowest BCUT2D eigenvalue weighted by molar-refractivity contribution is -0.141. The molecular formula is C27H40N4O6. The number of aryl methyl sites for hydroxylation is 1. The Labute approximate surface area is 218 Å². The summed E-state index contributed by atoms with van der Waals surface area (Å²) < 4.78 is 0. The Kier molecular flexibility index (Phi) is 12.8. The van der Waals surface area contributed by atoms with Gasteiger partial charge in [-0.25, -0.2) is 5.48 Å². The molecule has 4 N–H and O–H groups in total. The predicted molar refractivity (Wildman–Crippen MR) is 137 cm³/mol. The highest BCUT2D eigenvalue weighted by Gasteiger charge is 2.47. The fraction of sp³-hybridized carbons (Fsp3) is 0.593. The summed E-state index contributed by atoms with van der Waals surface area (Å²) in [6.45, 7) is 3.80. The molecular weight excluding hydrogens is 476 g/mol. The second-order valence-electron chi connectivity index (χ2n) is 9.46. The van der Waals surface area contributed by atoms with Gasteiger partial charge >= 0.3 is 0 Å². The number of carbonyl (C=O) groups is 5. The van der Waals surface area contributed by atoms with Crippen molar-refractivity contribution in [2.24, 2.45) is 11.8 Å². The van der Waals surface area contributed by atoms with E-state index in [1.54, 1.807) is 0 Å². The number of rotatable bonds is 11. The predicted octanol–water partition coefficient (Wildman–Crippen LogP) is 2.10. The molecule has 204 valence electrons. The molecule has 1 aliphatic carbocycles. The van der Waals surface area contributed by atoms with Gasteiger partial charge in [-0.05, 0) is 31.2 Å². The van der Waals surface area contributed by atoms with Gasteiger partial charge in [0.2, 0.25) is 23.6 Å². The SMILES string of the molecule is CCCC(=O)NC[C@H](NC(=O)CCN1C(=O)[C@H]2CCCC[C@H]2C1=O)C(=O)NO.CCCc1ccccc1. The number of likely N-dealkylation sites (tertiary alicyclic amines) is 1. The number of hydrogen-bond acceptors (Lipinski definition) is 6. The number of hydrogen-bond donors (Lipinski definition) is 4. The fourth-order valence-electron chi connectivity index (χ4n) is 4.68. The molecule has 10 heteroatoms. The summed E-state index contributed by atoms with van der Waals surface area (Å²) in [5.74, 6) is -2.70. The first kappa shape index (κ1) is 30.0. The number of benzene rings is 1. The van der Waals surface area contributed by atoms with E-state index in [1.165, 1.54) is 23.9 Å². The lowest BCUT2D eigenvalue weighted by atomic mass is 9.81. The summed E-state index contributed by atoms with van der Waals surface area (Å²) >= 11 is 0. The summed E-state index contributed by atoms with van der Waals surface area (Å²) in [7, 11) is 0. The van der Waals surface area contributed by atoms with Crippen molar-refractivity contribution in [1.82, 2.24) is 21.0 Å². The van der Waals surface area contributed by atoms with E-state index in [-0.39, 0.29) is 55.5 Å². The minimum absolute atomic E-state index is 0.0494. The van der Waals surface area contributed by atoms with E-state index in [0.717, 1.165) is 17.7 Å². The summed E-state index contributed by atoms with van der Waals surface area (Å²) in [6.07, 6.45) is 6.46. The number of amides is 5. The van der Waals surface area contributed by atoms with Crippen molar-refractivity contribution in [1.29, 1.82) is 0 Å². The fourth-order valence-corrected chi connectivity index (χ4v) is 4.68. The van der Waals surface area contributed by atoms with Gasteiger partial charge in [-0.2, -0.15) is 0 Å². The monoisotopic (exact) mass is 516 g/mol. The van der Waals surface area contributed by atoms with Crippen molar-refractivity contribution in [2.75, 3.05) is 13.1 Å². The van der Waals surface area contributed by atoms with E-state index >= 15 is 0 Å². The van der Waals surface area contributed by atoms with Crippen LogP contribution in [0.4, 0.5) is 0 Å². The van der Waals surface area contributed by atoms with E-state index in [4.69, 9.17) is 5.21 Å². The van der Waals surface area contributed by atoms with Crippen LogP contribution in [0.2, 0.25) is 0 Å². The van der Waals surface area contributed by atoms with Crippen molar-refractivity contribution >= 4 is 29.5 Å². The highest BCUT2D eigenvalue weighted by atomic mass is 16.5. The molecule has 2 fully saturated rings. The summed E-state index contributed by atoms with van der Waals surface area (Å²) in [6, 6.07) is 9.41. The Hall–Kier alpha value is -3.27. The van der Waals surface area contributed by atoms with Gasteiger partial charge in [0.1, 0.15) is 6.04 Å². The summed E-state index contributed by atoms with van der Waals surface area (Å²) in [4.78, 5) is 61.4. The van der Waals surface area contributed by atoms with Crippen molar-refractivity contribution < 1.29 is 29.2 Å². The molecule has 37 heavy (non-hydrogen) atoms. The maximum absolute atomic E-state index is 12.4. The third-order valence-corrected chi connectivity index (χ3v) is 6.62. The topological polar surface area (TPSA) is 145 Å². The molecule has 1 aromatic rings. The second kappa shape index (κ2) is 15.8. The van der Waals surface area contributed by atoms with Crippen LogP contribution in [-0.4, -0.2) is 58.8 Å². The standard InChI is InChI=1S/C18H28N4O6.C9H12/c1-2-5-14(23)19-10-13(16(25)21-28)20-15(24)8-9-22-17(26)11-6-3-4-7-12(11)18(22)27;1-2-6-9-7-4-3-5-8-9/h11-13,28H,2-10H2,1H3,(H,19,23)(H,20,24)(H,21,25);3-5,7-8H,2,6H2,1H3/t11-,12+,13-;/m0./s1. The first-order valence-electron chi connectivity index (χ1n) is 13.2. The normalized spacial score (nSPS) is 19.3. The highest BCUT2D eigenvalue weighted by molar-refractivity contribution is 6.05. The quantitative estimate of drug-likeness (QED) is 0.201. The molecule has 2 aliphatic rings. The van der Waals surface area contributed by atoms with Gasteiger partial charge in [0, 0.05) is 25.9 Å². The zero-order valence-electron chi connectivity index (χ0n) is 21.8. The largest absolute Gasteiger partial charge is 0.353 e. The average Bonchev–Trinajstić information content (AvgIpc) is 3.15. The maximum Gasteiger partial charge on any atom is 0.267 e. The number of imide groups is 1. The van der Waals surface area contributed by atoms with E-state index in [1.807, 2.05) is 6.92 Å². The van der Waals surface area contributed by atoms with Crippen molar-refractivity contribution in [3.63, 3.8) is 0 Å². The number of nitrogens with zero attached hydrogens (tertiary/aromatic N) is 1. The summed E-state index contributed by atoms with van der Waals surface area (Å²) in [5, 5.41) is 13.7. The van der Waals surface area contributed by atoms with Gasteiger partial charge in [-0.1, -0.05) is 63.4 Å². The van der Waals surface area contributed by atoms with Crippen LogP contribution in [0.3, 0.4) is 0 Å². The molecule has 5 amide bonds. The Bertz CT molecular complexity index is 899. The van der Waals surface area contributed by atoms with Crippen LogP contribution in [0.1, 0.15) is 70.8 Å². The van der Waals surface area contributed by atoms with Gasteiger partial charge in [-0.3, -0.25) is 34.1 Å².